The average Bonchev–Trinajstić information content (AvgIpc) is 2.39. The Morgan fingerprint density at radius 3 is 2.31 bits per heavy atom. The number of carbonyl (C=O) groups excluding carboxylic acids is 1. The quantitative estimate of drug-likeness (QED) is 0.733. The van der Waals surface area contributed by atoms with E-state index in [0.717, 1.165) is 0 Å². The molecule has 3 heteroatoms. The first kappa shape index (κ1) is 11.4. The molecule has 0 heterocycles. The summed E-state index contributed by atoms with van der Waals surface area (Å²) >= 11 is 0. The van der Waals surface area contributed by atoms with Crippen LogP contribution in [0.2, 0.25) is 0 Å². The van der Waals surface area contributed by atoms with Gasteiger partial charge in [0, 0.05) is 0 Å². The van der Waals surface area contributed by atoms with Crippen LogP contribution in [-0.4, -0.2) is 16.5 Å². The highest BCUT2D eigenvalue weighted by Gasteiger charge is 2.15. The van der Waals surface area contributed by atoms with Gasteiger partial charge in [0.25, 0.3) is 0 Å². The second-order valence-electron chi connectivity index (χ2n) is 4.45. The van der Waals surface area contributed by atoms with Crippen LogP contribution in [0.3, 0.4) is 0 Å². The summed E-state index contributed by atoms with van der Waals surface area (Å²) in [5.74, 6) is 0.511. The molecule has 0 aliphatic heterocycles. The van der Waals surface area contributed by atoms with Gasteiger partial charge in [-0.05, 0) is 36.5 Å². The van der Waals surface area contributed by atoms with E-state index in [2.05, 4.69) is 12.1 Å². The first-order valence-corrected chi connectivity index (χ1v) is 6.81. The molecule has 2 nitrogen and oxygen atoms in total. The van der Waals surface area contributed by atoms with Crippen LogP contribution >= 0.6 is 0 Å². The Hall–Kier alpha value is -1.09. The zero-order valence-electron chi connectivity index (χ0n) is 9.74. The fraction of sp³-hybridized carbons (Fsp3) is 0.462. The van der Waals surface area contributed by atoms with Gasteiger partial charge in [0.15, 0.2) is 0 Å². The van der Waals surface area contributed by atoms with Crippen LogP contribution in [0.5, 0.6) is 0 Å². The third-order valence-electron chi connectivity index (χ3n) is 3.41. The van der Waals surface area contributed by atoms with Crippen LogP contribution in [0.15, 0.2) is 24.3 Å². The maximum atomic E-state index is 11.3. The molecular weight excluding hydrogens is 216 g/mol. The van der Waals surface area contributed by atoms with Gasteiger partial charge in [-0.1, -0.05) is 31.4 Å². The predicted molar refractivity (Wildman–Crippen MR) is 67.6 cm³/mol. The van der Waals surface area contributed by atoms with Gasteiger partial charge in [0.05, 0.1) is 5.56 Å². The van der Waals surface area contributed by atoms with E-state index in [4.69, 9.17) is 4.43 Å². The highest BCUT2D eigenvalue weighted by molar-refractivity contribution is 6.09. The van der Waals surface area contributed by atoms with Crippen molar-refractivity contribution in [2.24, 2.45) is 0 Å². The number of rotatable bonds is 2. The Bertz CT molecular complexity index is 353. The molecule has 1 saturated carbocycles. The minimum absolute atomic E-state index is 0.193. The molecule has 86 valence electrons. The SMILES string of the molecule is O=C(O[SiH3])c1ccc(C2CCCCC2)cc1. The third kappa shape index (κ3) is 2.53. The maximum absolute atomic E-state index is 11.3. The average molecular weight is 234 g/mol. The molecule has 1 aromatic carbocycles. The van der Waals surface area contributed by atoms with Crippen molar-refractivity contribution in [1.82, 2.24) is 0 Å². The monoisotopic (exact) mass is 234 g/mol. The number of carbonyl (C=O) groups is 1. The van der Waals surface area contributed by atoms with Gasteiger partial charge < -0.3 is 4.43 Å². The fourth-order valence-electron chi connectivity index (χ4n) is 2.45. The highest BCUT2D eigenvalue weighted by Crippen LogP contribution is 2.32. The first-order valence-electron chi connectivity index (χ1n) is 5.99. The number of hydrogen-bond donors (Lipinski definition) is 0. The molecule has 0 amide bonds. The highest BCUT2D eigenvalue weighted by atomic mass is 28.2. The van der Waals surface area contributed by atoms with Crippen molar-refractivity contribution in [1.29, 1.82) is 0 Å². The zero-order valence-corrected chi connectivity index (χ0v) is 11.7. The smallest absolute Gasteiger partial charge is 0.324 e. The molecule has 0 bridgehead atoms. The van der Waals surface area contributed by atoms with Crippen molar-refractivity contribution < 1.29 is 9.22 Å². The summed E-state index contributed by atoms with van der Waals surface area (Å²) in [4.78, 5) is 11.3. The molecule has 0 N–H and O–H groups in total. The largest absolute Gasteiger partial charge is 0.525 e. The molecule has 2 rings (SSSR count). The first-order chi connectivity index (χ1) is 7.81. The molecule has 1 aromatic rings. The lowest BCUT2D eigenvalue weighted by molar-refractivity contribution is 0.0749. The Labute approximate surface area is 99.5 Å². The molecule has 16 heavy (non-hydrogen) atoms. The molecule has 1 aliphatic carbocycles. The molecule has 0 saturated heterocycles. The minimum atomic E-state index is -0.193. The predicted octanol–water partition coefficient (Wildman–Crippen LogP) is 2.17. The maximum Gasteiger partial charge on any atom is 0.324 e. The normalized spacial score (nSPS) is 17.2. The summed E-state index contributed by atoms with van der Waals surface area (Å²) in [5.41, 5.74) is 2.05. The van der Waals surface area contributed by atoms with Crippen LogP contribution in [0, 0.1) is 0 Å². The van der Waals surface area contributed by atoms with Crippen LogP contribution in [0.25, 0.3) is 0 Å². The summed E-state index contributed by atoms with van der Waals surface area (Å²) in [6.07, 6.45) is 6.65. The van der Waals surface area contributed by atoms with Crippen LogP contribution in [-0.2, 0) is 4.43 Å². The van der Waals surface area contributed by atoms with Crippen LogP contribution in [0.1, 0.15) is 53.9 Å². The number of hydrogen-bond acceptors (Lipinski definition) is 2. The standard InChI is InChI=1S/C13H18O2Si/c14-13(15-16)12-8-6-11(7-9-12)10-4-2-1-3-5-10/h6-10H,1-5H2,16H3. The van der Waals surface area contributed by atoms with Crippen molar-refractivity contribution in [3.8, 4) is 0 Å². The summed E-state index contributed by atoms with van der Waals surface area (Å²) < 4.78 is 4.82. The van der Waals surface area contributed by atoms with Crippen molar-refractivity contribution in [2.45, 2.75) is 38.0 Å². The topological polar surface area (TPSA) is 26.3 Å². The van der Waals surface area contributed by atoms with Crippen molar-refractivity contribution in [3.05, 3.63) is 35.4 Å². The van der Waals surface area contributed by atoms with Gasteiger partial charge in [-0.25, -0.2) is 4.79 Å². The van der Waals surface area contributed by atoms with Crippen LogP contribution < -0.4 is 0 Å². The molecule has 0 aromatic heterocycles. The Balaban J connectivity index is 2.09. The lowest BCUT2D eigenvalue weighted by Gasteiger charge is -2.21. The van der Waals surface area contributed by atoms with E-state index >= 15 is 0 Å². The van der Waals surface area contributed by atoms with Crippen molar-refractivity contribution in [3.63, 3.8) is 0 Å². The van der Waals surface area contributed by atoms with E-state index in [1.807, 2.05) is 12.1 Å². The second-order valence-corrected chi connectivity index (χ2v) is 4.86. The molecular formula is C13H18O2Si. The Kier molecular flexibility index (Phi) is 3.77. The molecule has 0 unspecified atom stereocenters. The van der Waals surface area contributed by atoms with Gasteiger partial charge in [-0.15, -0.1) is 0 Å². The van der Waals surface area contributed by atoms with Gasteiger partial charge >= 0.3 is 5.97 Å². The molecule has 0 radical (unpaired) electrons. The van der Waals surface area contributed by atoms with Crippen molar-refractivity contribution in [2.75, 3.05) is 0 Å². The van der Waals surface area contributed by atoms with Crippen molar-refractivity contribution >= 4 is 16.5 Å². The molecule has 0 atom stereocenters. The zero-order chi connectivity index (χ0) is 11.4. The molecule has 0 spiro atoms. The Morgan fingerprint density at radius 1 is 1.12 bits per heavy atom. The fourth-order valence-corrected chi connectivity index (χ4v) is 2.68. The summed E-state index contributed by atoms with van der Waals surface area (Å²) in [6.45, 7) is 0. The van der Waals surface area contributed by atoms with E-state index in [-0.39, 0.29) is 5.97 Å². The van der Waals surface area contributed by atoms with Gasteiger partial charge in [-0.2, -0.15) is 0 Å². The van der Waals surface area contributed by atoms with Gasteiger partial charge in [0.1, 0.15) is 0 Å². The van der Waals surface area contributed by atoms with Crippen LogP contribution in [0.4, 0.5) is 0 Å². The van der Waals surface area contributed by atoms with Gasteiger partial charge in [-0.3, -0.25) is 0 Å². The van der Waals surface area contributed by atoms with E-state index in [1.165, 1.54) is 37.7 Å². The minimum Gasteiger partial charge on any atom is -0.525 e. The third-order valence-corrected chi connectivity index (χ3v) is 3.78. The second kappa shape index (κ2) is 5.30. The molecule has 1 aliphatic rings. The lowest BCUT2D eigenvalue weighted by Crippen LogP contribution is -2.06. The van der Waals surface area contributed by atoms with E-state index in [1.54, 1.807) is 0 Å². The van der Waals surface area contributed by atoms with E-state index in [0.29, 0.717) is 22.0 Å². The van der Waals surface area contributed by atoms with E-state index in [9.17, 15) is 4.79 Å². The summed E-state index contributed by atoms with van der Waals surface area (Å²) in [5, 5.41) is 0. The Morgan fingerprint density at radius 2 is 1.75 bits per heavy atom. The summed E-state index contributed by atoms with van der Waals surface area (Å²) in [7, 11) is 0.464. The molecule has 1 fully saturated rings. The number of benzene rings is 1. The summed E-state index contributed by atoms with van der Waals surface area (Å²) in [6, 6.07) is 7.96. The van der Waals surface area contributed by atoms with Gasteiger partial charge in [0.2, 0.25) is 10.5 Å². The van der Waals surface area contributed by atoms with E-state index < -0.39 is 0 Å². The lowest BCUT2D eigenvalue weighted by atomic mass is 9.84.